The molecular weight excluding hydrogens is 486 g/mol. The summed E-state index contributed by atoms with van der Waals surface area (Å²) < 4.78 is 11.0. The molecule has 4 atom stereocenters. The van der Waals surface area contributed by atoms with Gasteiger partial charge in [0.2, 0.25) is 11.8 Å². The minimum absolute atomic E-state index is 0.153. The Balaban J connectivity index is 1.20. The highest BCUT2D eigenvalue weighted by Crippen LogP contribution is 2.31. The van der Waals surface area contributed by atoms with Crippen molar-refractivity contribution >= 4 is 40.4 Å². The summed E-state index contributed by atoms with van der Waals surface area (Å²) in [6.45, 7) is 0.168. The number of anilines is 1. The predicted octanol–water partition coefficient (Wildman–Crippen LogP) is 1.45. The second-order valence-corrected chi connectivity index (χ2v) is 9.58. The smallest absolute Gasteiger partial charge is 0.270 e. The molecule has 3 aromatic rings. The first kappa shape index (κ1) is 24.4. The van der Waals surface area contributed by atoms with Crippen molar-refractivity contribution in [1.82, 2.24) is 20.3 Å². The Bertz CT molecular complexity index is 1300. The Kier molecular flexibility index (Phi) is 7.01. The van der Waals surface area contributed by atoms with Crippen molar-refractivity contribution in [3.05, 3.63) is 47.8 Å². The molecule has 2 aliphatic rings. The number of methoxy groups -OCH3 is 1. The fourth-order valence-corrected chi connectivity index (χ4v) is 5.02. The number of amides is 2. The molecule has 2 amide bonds. The van der Waals surface area contributed by atoms with Crippen LogP contribution in [0.25, 0.3) is 11.0 Å². The third-order valence-electron chi connectivity index (χ3n) is 6.17. The van der Waals surface area contributed by atoms with E-state index in [9.17, 15) is 19.8 Å². The van der Waals surface area contributed by atoms with Gasteiger partial charge in [-0.15, -0.1) is 11.8 Å². The van der Waals surface area contributed by atoms with Gasteiger partial charge in [0.15, 0.2) is 0 Å². The monoisotopic (exact) mass is 511 g/mol. The lowest BCUT2D eigenvalue weighted by Crippen LogP contribution is -2.47. The summed E-state index contributed by atoms with van der Waals surface area (Å²) in [4.78, 5) is 38.0. The van der Waals surface area contributed by atoms with Gasteiger partial charge >= 0.3 is 0 Å². The van der Waals surface area contributed by atoms with Gasteiger partial charge in [0.1, 0.15) is 23.7 Å². The molecule has 188 valence electrons. The average Bonchev–Trinajstić information content (AvgIpc) is 2.91. The second kappa shape index (κ2) is 10.3. The molecule has 1 fully saturated rings. The van der Waals surface area contributed by atoms with Crippen molar-refractivity contribution in [2.45, 2.75) is 42.1 Å². The lowest BCUT2D eigenvalue weighted by atomic mass is 9.93. The topological polar surface area (TPSA) is 156 Å². The first-order chi connectivity index (χ1) is 17.4. The Hall–Kier alpha value is -3.32. The number of aliphatic hydroxyl groups is 2. The van der Waals surface area contributed by atoms with Crippen LogP contribution in [0.4, 0.5) is 5.82 Å². The number of para-hydroxylation sites is 1. The van der Waals surface area contributed by atoms with Gasteiger partial charge in [-0.25, -0.2) is 15.0 Å². The number of carbonyl (C=O) groups excluding carboxylic acids is 2. The normalized spacial score (nSPS) is 21.2. The second-order valence-electron chi connectivity index (χ2n) is 8.56. The zero-order valence-electron chi connectivity index (χ0n) is 19.4. The summed E-state index contributed by atoms with van der Waals surface area (Å²) in [5.74, 6) is 0.484. The Morgan fingerprint density at radius 3 is 2.89 bits per heavy atom. The van der Waals surface area contributed by atoms with Gasteiger partial charge in [0, 0.05) is 5.56 Å². The summed E-state index contributed by atoms with van der Waals surface area (Å²) in [5.41, 5.74) is 1.63. The van der Waals surface area contributed by atoms with Crippen LogP contribution in [0.15, 0.2) is 41.4 Å². The maximum atomic E-state index is 12.7. The number of hydrogen-bond donors (Lipinski definition) is 4. The van der Waals surface area contributed by atoms with E-state index in [0.717, 1.165) is 4.90 Å². The molecule has 12 heteroatoms. The summed E-state index contributed by atoms with van der Waals surface area (Å²) >= 11 is 1.37. The molecule has 0 aliphatic carbocycles. The third-order valence-corrected chi connectivity index (χ3v) is 7.21. The number of ether oxygens (including phenoxy) is 2. The maximum Gasteiger partial charge on any atom is 0.270 e. The molecule has 11 nitrogen and oxygen atoms in total. The van der Waals surface area contributed by atoms with Gasteiger partial charge in [0.05, 0.1) is 53.7 Å². The molecule has 0 unspecified atom stereocenters. The van der Waals surface area contributed by atoms with E-state index in [1.165, 1.54) is 25.1 Å². The highest BCUT2D eigenvalue weighted by Gasteiger charge is 2.34. The number of benzene rings is 1. The van der Waals surface area contributed by atoms with Gasteiger partial charge in [-0.1, -0.05) is 12.1 Å². The van der Waals surface area contributed by atoms with Crippen LogP contribution in [0, 0.1) is 0 Å². The van der Waals surface area contributed by atoms with Crippen LogP contribution < -0.4 is 15.4 Å². The quantitative estimate of drug-likeness (QED) is 0.382. The van der Waals surface area contributed by atoms with Crippen LogP contribution in [-0.2, 0) is 9.53 Å². The molecule has 1 saturated heterocycles. The highest BCUT2D eigenvalue weighted by atomic mass is 32.2. The zero-order chi connectivity index (χ0) is 25.2. The Labute approximate surface area is 210 Å². The first-order valence-electron chi connectivity index (χ1n) is 11.4. The van der Waals surface area contributed by atoms with Crippen molar-refractivity contribution < 1.29 is 29.3 Å². The Morgan fingerprint density at radius 1 is 1.25 bits per heavy atom. The molecular formula is C24H25N5O6S. The SMILES string of the molecule is COc1cnc2cccc([C@@H](O)[C@@H](O)[C@@H]3CC[C@@H](NC(=O)c4ccc5c(n4)NC(=O)CS5)CO3)c2n1. The lowest BCUT2D eigenvalue weighted by Gasteiger charge is -2.34. The molecule has 2 aromatic heterocycles. The molecule has 4 N–H and O–H groups in total. The Morgan fingerprint density at radius 2 is 2.11 bits per heavy atom. The fourth-order valence-electron chi connectivity index (χ4n) is 4.27. The largest absolute Gasteiger partial charge is 0.480 e. The van der Waals surface area contributed by atoms with Gasteiger partial charge in [-0.2, -0.15) is 0 Å². The van der Waals surface area contributed by atoms with E-state index in [0.29, 0.717) is 46.9 Å². The van der Waals surface area contributed by atoms with E-state index >= 15 is 0 Å². The van der Waals surface area contributed by atoms with Crippen LogP contribution in [0.1, 0.15) is 35.0 Å². The summed E-state index contributed by atoms with van der Waals surface area (Å²) in [6.07, 6.45) is -0.630. The highest BCUT2D eigenvalue weighted by molar-refractivity contribution is 8.00. The lowest BCUT2D eigenvalue weighted by molar-refractivity contribution is -0.113. The van der Waals surface area contributed by atoms with Crippen LogP contribution >= 0.6 is 11.8 Å². The number of hydrogen-bond acceptors (Lipinski definition) is 10. The average molecular weight is 512 g/mol. The summed E-state index contributed by atoms with van der Waals surface area (Å²) in [6, 6.07) is 8.28. The minimum Gasteiger partial charge on any atom is -0.480 e. The number of carbonyl (C=O) groups is 2. The summed E-state index contributed by atoms with van der Waals surface area (Å²) in [5, 5.41) is 27.4. The zero-order valence-corrected chi connectivity index (χ0v) is 20.2. The van der Waals surface area contributed by atoms with E-state index in [1.54, 1.807) is 30.3 Å². The van der Waals surface area contributed by atoms with E-state index in [-0.39, 0.29) is 30.2 Å². The molecule has 2 aliphatic heterocycles. The number of nitrogens with zero attached hydrogens (tertiary/aromatic N) is 3. The molecule has 1 aromatic carbocycles. The molecule has 4 heterocycles. The number of thioether (sulfide) groups is 1. The molecule has 5 rings (SSSR count). The number of aliphatic hydroxyl groups excluding tert-OH is 2. The van der Waals surface area contributed by atoms with E-state index < -0.39 is 18.3 Å². The number of aromatic nitrogens is 3. The van der Waals surface area contributed by atoms with E-state index in [4.69, 9.17) is 9.47 Å². The van der Waals surface area contributed by atoms with E-state index in [1.807, 2.05) is 0 Å². The first-order valence-corrected chi connectivity index (χ1v) is 12.4. The number of rotatable bonds is 6. The minimum atomic E-state index is -1.25. The van der Waals surface area contributed by atoms with Crippen molar-refractivity contribution in [2.75, 3.05) is 24.8 Å². The van der Waals surface area contributed by atoms with Gasteiger partial charge in [-0.3, -0.25) is 9.59 Å². The van der Waals surface area contributed by atoms with Crippen molar-refractivity contribution in [3.63, 3.8) is 0 Å². The standard InChI is InChI=1S/C24H25N5O6S/c1-34-19-9-25-14-4-2-3-13(20(14)29-19)21(31)22(32)16-7-5-12(10-35-16)26-24(33)15-6-8-17-23(27-15)28-18(30)11-36-17/h2-4,6,8-9,12,16,21-22,31-32H,5,7,10-11H2,1H3,(H,26,33)(H,27,28,30)/t12-,16+,21-,22+/m1/s1. The van der Waals surface area contributed by atoms with Crippen molar-refractivity contribution in [2.24, 2.45) is 0 Å². The van der Waals surface area contributed by atoms with E-state index in [2.05, 4.69) is 25.6 Å². The molecule has 36 heavy (non-hydrogen) atoms. The summed E-state index contributed by atoms with van der Waals surface area (Å²) in [7, 11) is 1.48. The predicted molar refractivity (Wildman–Crippen MR) is 131 cm³/mol. The fraction of sp³-hybridized carbons (Fsp3) is 0.375. The number of fused-ring (bicyclic) bond motifs is 2. The van der Waals surface area contributed by atoms with Gasteiger partial charge in [0.25, 0.3) is 5.91 Å². The van der Waals surface area contributed by atoms with Crippen LogP contribution in [-0.4, -0.2) is 74.7 Å². The van der Waals surface area contributed by atoms with Crippen molar-refractivity contribution in [3.8, 4) is 5.88 Å². The van der Waals surface area contributed by atoms with Gasteiger partial charge in [-0.05, 0) is 31.0 Å². The number of pyridine rings is 1. The molecule has 0 saturated carbocycles. The maximum absolute atomic E-state index is 12.7. The molecule has 0 bridgehead atoms. The number of nitrogens with one attached hydrogen (secondary N) is 2. The van der Waals surface area contributed by atoms with Gasteiger partial charge < -0.3 is 30.3 Å². The van der Waals surface area contributed by atoms with Crippen molar-refractivity contribution in [1.29, 1.82) is 0 Å². The molecule has 0 radical (unpaired) electrons. The van der Waals surface area contributed by atoms with Crippen LogP contribution in [0.2, 0.25) is 0 Å². The third kappa shape index (κ3) is 4.98. The molecule has 0 spiro atoms. The van der Waals surface area contributed by atoms with Crippen LogP contribution in [0.5, 0.6) is 5.88 Å². The van der Waals surface area contributed by atoms with Crippen LogP contribution in [0.3, 0.4) is 0 Å².